The Balaban J connectivity index is 2.60. The SMILES string of the molecule is CCCCCCO[Si](CCCl)(OCCCCCC)SCc1ccccc1. The molecule has 0 atom stereocenters. The van der Waals surface area contributed by atoms with Crippen molar-refractivity contribution < 1.29 is 8.85 Å². The van der Waals surface area contributed by atoms with Crippen molar-refractivity contribution in [2.45, 2.75) is 77.0 Å². The Morgan fingerprint density at radius 3 is 1.92 bits per heavy atom. The number of hydrogen-bond acceptors (Lipinski definition) is 3. The van der Waals surface area contributed by atoms with Gasteiger partial charge in [-0.15, -0.1) is 22.8 Å². The number of halogens is 1. The summed E-state index contributed by atoms with van der Waals surface area (Å²) in [7, 11) is -2.31. The van der Waals surface area contributed by atoms with Crippen molar-refractivity contribution in [1.82, 2.24) is 0 Å². The van der Waals surface area contributed by atoms with Crippen molar-refractivity contribution in [1.29, 1.82) is 0 Å². The highest BCUT2D eigenvalue weighted by atomic mass is 35.5. The third-order valence-corrected chi connectivity index (χ3v) is 11.0. The first kappa shape index (κ1) is 24.0. The molecule has 0 aromatic heterocycles. The van der Waals surface area contributed by atoms with Crippen LogP contribution in [0, 0.1) is 0 Å². The van der Waals surface area contributed by atoms with Crippen molar-refractivity contribution in [3.8, 4) is 0 Å². The van der Waals surface area contributed by atoms with E-state index >= 15 is 0 Å². The first-order valence-electron chi connectivity index (χ1n) is 10.3. The van der Waals surface area contributed by atoms with Crippen molar-refractivity contribution in [3.63, 3.8) is 0 Å². The largest absolute Gasteiger partial charge is 0.407 e. The van der Waals surface area contributed by atoms with E-state index in [1.165, 1.54) is 44.1 Å². The molecule has 1 aromatic carbocycles. The van der Waals surface area contributed by atoms with Crippen molar-refractivity contribution in [2.75, 3.05) is 19.1 Å². The minimum Gasteiger partial charge on any atom is -0.387 e. The number of hydrogen-bond donors (Lipinski definition) is 0. The average molecular weight is 417 g/mol. The first-order valence-corrected chi connectivity index (χ1v) is 14.5. The number of rotatable bonds is 17. The molecule has 1 rings (SSSR count). The van der Waals surface area contributed by atoms with E-state index in [4.69, 9.17) is 20.5 Å². The predicted octanol–water partition coefficient (Wildman–Crippen LogP) is 7.29. The minimum absolute atomic E-state index is 0.609. The van der Waals surface area contributed by atoms with Crippen LogP contribution in [0.15, 0.2) is 30.3 Å². The quantitative estimate of drug-likeness (QED) is 0.151. The fourth-order valence-corrected chi connectivity index (χ4v) is 9.12. The Morgan fingerprint density at radius 1 is 0.846 bits per heavy atom. The first-order chi connectivity index (χ1) is 12.8. The third kappa shape index (κ3) is 11.0. The fraction of sp³-hybridized carbons (Fsp3) is 0.714. The normalized spacial score (nSPS) is 11.8. The molecule has 0 saturated heterocycles. The van der Waals surface area contributed by atoms with Crippen molar-refractivity contribution in [2.24, 2.45) is 0 Å². The predicted molar refractivity (Wildman–Crippen MR) is 119 cm³/mol. The van der Waals surface area contributed by atoms with Gasteiger partial charge in [-0.2, -0.15) is 0 Å². The smallest absolute Gasteiger partial charge is 0.387 e. The Kier molecular flexibility index (Phi) is 14.8. The monoisotopic (exact) mass is 416 g/mol. The van der Waals surface area contributed by atoms with Crippen molar-refractivity contribution >= 4 is 30.5 Å². The lowest BCUT2D eigenvalue weighted by atomic mass is 10.2. The zero-order valence-corrected chi connectivity index (χ0v) is 19.3. The lowest BCUT2D eigenvalue weighted by Gasteiger charge is -2.29. The molecule has 0 amide bonds. The van der Waals surface area contributed by atoms with Gasteiger partial charge < -0.3 is 8.85 Å². The molecule has 0 spiro atoms. The van der Waals surface area contributed by atoms with Gasteiger partial charge in [-0.3, -0.25) is 0 Å². The molecule has 26 heavy (non-hydrogen) atoms. The average Bonchev–Trinajstić information content (AvgIpc) is 2.67. The van der Waals surface area contributed by atoms with Crippen LogP contribution in [0.1, 0.15) is 70.8 Å². The van der Waals surface area contributed by atoms with Gasteiger partial charge in [0.15, 0.2) is 0 Å². The molecule has 0 unspecified atom stereocenters. The van der Waals surface area contributed by atoms with Crippen LogP contribution in [0.5, 0.6) is 0 Å². The maximum Gasteiger partial charge on any atom is 0.407 e. The Bertz CT molecular complexity index is 419. The van der Waals surface area contributed by atoms with E-state index in [1.807, 2.05) is 11.2 Å². The summed E-state index contributed by atoms with van der Waals surface area (Å²) in [6.07, 6.45) is 9.78. The van der Waals surface area contributed by atoms with E-state index in [0.717, 1.165) is 37.9 Å². The maximum absolute atomic E-state index is 6.44. The van der Waals surface area contributed by atoms with Gasteiger partial charge in [0.1, 0.15) is 0 Å². The van der Waals surface area contributed by atoms with Crippen LogP contribution in [0.4, 0.5) is 0 Å². The summed E-state index contributed by atoms with van der Waals surface area (Å²) < 4.78 is 12.9. The lowest BCUT2D eigenvalue weighted by molar-refractivity contribution is 0.182. The van der Waals surface area contributed by atoms with E-state index < -0.39 is 7.71 Å². The van der Waals surface area contributed by atoms with E-state index in [1.54, 1.807) is 0 Å². The second-order valence-electron chi connectivity index (χ2n) is 6.71. The molecule has 5 heteroatoms. The van der Waals surface area contributed by atoms with Gasteiger partial charge in [0.2, 0.25) is 0 Å². The molecule has 0 heterocycles. The number of unbranched alkanes of at least 4 members (excludes halogenated alkanes) is 6. The summed E-state index contributed by atoms with van der Waals surface area (Å²) in [6, 6.07) is 11.5. The third-order valence-electron chi connectivity index (χ3n) is 4.34. The molecular formula is C21H37ClO2SSi. The topological polar surface area (TPSA) is 18.5 Å². The Hall–Kier alpha value is -0.00312. The molecule has 0 aliphatic heterocycles. The van der Waals surface area contributed by atoms with E-state index in [0.29, 0.717) is 5.88 Å². The second-order valence-corrected chi connectivity index (χ2v) is 12.8. The molecule has 0 aliphatic carbocycles. The highest BCUT2D eigenvalue weighted by Gasteiger charge is 2.38. The van der Waals surface area contributed by atoms with Gasteiger partial charge in [-0.05, 0) is 18.4 Å². The second kappa shape index (κ2) is 16.0. The molecule has 1 aromatic rings. The molecule has 0 fully saturated rings. The van der Waals surface area contributed by atoms with E-state index in [2.05, 4.69) is 44.2 Å². The Labute approximate surface area is 171 Å². The highest BCUT2D eigenvalue weighted by Crippen LogP contribution is 2.32. The molecule has 0 radical (unpaired) electrons. The van der Waals surface area contributed by atoms with Crippen LogP contribution in [-0.2, 0) is 14.6 Å². The molecule has 0 N–H and O–H groups in total. The van der Waals surface area contributed by atoms with Gasteiger partial charge in [0.25, 0.3) is 0 Å². The van der Waals surface area contributed by atoms with Gasteiger partial charge >= 0.3 is 7.71 Å². The summed E-state index contributed by atoms with van der Waals surface area (Å²) in [5.41, 5.74) is 1.33. The van der Waals surface area contributed by atoms with Gasteiger partial charge in [-0.25, -0.2) is 0 Å². The number of alkyl halides is 1. The van der Waals surface area contributed by atoms with Crippen LogP contribution in [-0.4, -0.2) is 26.8 Å². The zero-order valence-electron chi connectivity index (χ0n) is 16.7. The highest BCUT2D eigenvalue weighted by molar-refractivity contribution is 8.26. The summed E-state index contributed by atoms with van der Waals surface area (Å²) in [5.74, 6) is 1.55. The molecular weight excluding hydrogens is 380 g/mol. The van der Waals surface area contributed by atoms with Crippen LogP contribution in [0.3, 0.4) is 0 Å². The molecule has 0 saturated carbocycles. The fourth-order valence-electron chi connectivity index (χ4n) is 2.74. The van der Waals surface area contributed by atoms with E-state index in [9.17, 15) is 0 Å². The van der Waals surface area contributed by atoms with Gasteiger partial charge in [-0.1, -0.05) is 82.7 Å². The minimum atomic E-state index is -2.31. The summed E-state index contributed by atoms with van der Waals surface area (Å²) in [6.45, 7) is 6.09. The van der Waals surface area contributed by atoms with Crippen LogP contribution in [0.25, 0.3) is 0 Å². The zero-order chi connectivity index (χ0) is 18.9. The maximum atomic E-state index is 6.44. The van der Waals surface area contributed by atoms with Crippen LogP contribution < -0.4 is 0 Å². The van der Waals surface area contributed by atoms with E-state index in [-0.39, 0.29) is 0 Å². The van der Waals surface area contributed by atoms with Gasteiger partial charge in [0.05, 0.1) is 0 Å². The lowest BCUT2D eigenvalue weighted by Crippen LogP contribution is -2.40. The molecule has 2 nitrogen and oxygen atoms in total. The molecule has 150 valence electrons. The van der Waals surface area contributed by atoms with Crippen LogP contribution >= 0.6 is 22.8 Å². The van der Waals surface area contributed by atoms with Crippen LogP contribution in [0.2, 0.25) is 6.04 Å². The molecule has 0 bridgehead atoms. The van der Waals surface area contributed by atoms with Crippen molar-refractivity contribution in [3.05, 3.63) is 35.9 Å². The van der Waals surface area contributed by atoms with Gasteiger partial charge in [0, 0.05) is 30.9 Å². The standard InChI is InChI=1S/C21H37ClO2SSi/c1-3-5-7-12-17-23-26(19-16-22,24-18-13-8-6-4-2)25-20-21-14-10-9-11-15-21/h9-11,14-15H,3-8,12-13,16-20H2,1-2H3. The molecule has 0 aliphatic rings. The number of benzene rings is 1. The summed E-state index contributed by atoms with van der Waals surface area (Å²) in [4.78, 5) is 0. The summed E-state index contributed by atoms with van der Waals surface area (Å²) >= 11 is 8.04. The Morgan fingerprint density at radius 2 is 1.42 bits per heavy atom. The summed E-state index contributed by atoms with van der Waals surface area (Å²) in [5, 5.41) is 0.